The molecule has 0 spiro atoms. The molecular formula is C27H27N3O3S. The molecule has 2 aliphatic rings. The van der Waals surface area contributed by atoms with Crippen LogP contribution in [-0.4, -0.2) is 34.9 Å². The van der Waals surface area contributed by atoms with E-state index in [0.717, 1.165) is 34.9 Å². The second-order valence-corrected chi connectivity index (χ2v) is 10.1. The molecule has 0 bridgehead atoms. The van der Waals surface area contributed by atoms with Crippen LogP contribution in [0, 0.1) is 20.8 Å². The summed E-state index contributed by atoms with van der Waals surface area (Å²) in [6.45, 7) is 7.65. The maximum atomic E-state index is 13.7. The monoisotopic (exact) mass is 473 g/mol. The van der Waals surface area contributed by atoms with Crippen LogP contribution in [0.5, 0.6) is 0 Å². The number of anilines is 2. The molecule has 1 unspecified atom stereocenters. The molecular weight excluding hydrogens is 446 g/mol. The van der Waals surface area contributed by atoms with Crippen molar-refractivity contribution >= 4 is 34.4 Å². The molecule has 1 amide bonds. The van der Waals surface area contributed by atoms with Gasteiger partial charge in [0.05, 0.1) is 27.2 Å². The van der Waals surface area contributed by atoms with E-state index in [1.807, 2.05) is 62.4 Å². The van der Waals surface area contributed by atoms with E-state index < -0.39 is 17.7 Å². The summed E-state index contributed by atoms with van der Waals surface area (Å²) in [5, 5.41) is 11.8. The van der Waals surface area contributed by atoms with Gasteiger partial charge in [0, 0.05) is 24.5 Å². The van der Waals surface area contributed by atoms with Gasteiger partial charge in [-0.2, -0.15) is 0 Å². The van der Waals surface area contributed by atoms with Gasteiger partial charge in [-0.15, -0.1) is 11.3 Å². The van der Waals surface area contributed by atoms with Crippen LogP contribution in [0.2, 0.25) is 0 Å². The van der Waals surface area contributed by atoms with Crippen molar-refractivity contribution in [3.8, 4) is 0 Å². The zero-order valence-corrected chi connectivity index (χ0v) is 20.4. The molecule has 0 aliphatic carbocycles. The topological polar surface area (TPSA) is 73.7 Å². The van der Waals surface area contributed by atoms with Crippen LogP contribution < -0.4 is 9.80 Å². The van der Waals surface area contributed by atoms with Crippen molar-refractivity contribution in [3.05, 3.63) is 86.6 Å². The lowest BCUT2D eigenvalue weighted by molar-refractivity contribution is -0.117. The Morgan fingerprint density at radius 3 is 2.32 bits per heavy atom. The van der Waals surface area contributed by atoms with Crippen molar-refractivity contribution < 1.29 is 14.7 Å². The minimum atomic E-state index is -0.723. The molecule has 2 aliphatic heterocycles. The summed E-state index contributed by atoms with van der Waals surface area (Å²) < 4.78 is 0. The zero-order valence-electron chi connectivity index (χ0n) is 19.5. The molecule has 1 N–H and O–H groups in total. The van der Waals surface area contributed by atoms with Gasteiger partial charge in [0.25, 0.3) is 5.91 Å². The van der Waals surface area contributed by atoms with E-state index in [9.17, 15) is 14.7 Å². The van der Waals surface area contributed by atoms with E-state index in [4.69, 9.17) is 0 Å². The van der Waals surface area contributed by atoms with Crippen LogP contribution in [0.1, 0.15) is 50.4 Å². The van der Waals surface area contributed by atoms with Gasteiger partial charge in [-0.05, 0) is 63.4 Å². The molecule has 0 radical (unpaired) electrons. The van der Waals surface area contributed by atoms with Crippen molar-refractivity contribution in [1.82, 2.24) is 4.98 Å². The summed E-state index contributed by atoms with van der Waals surface area (Å²) in [6, 6.07) is 14.8. The number of aliphatic hydroxyl groups excluding tert-OH is 1. The molecule has 0 saturated carbocycles. The minimum absolute atomic E-state index is 0.103. The number of hydrogen-bond donors (Lipinski definition) is 1. The van der Waals surface area contributed by atoms with E-state index in [2.05, 4.69) is 9.88 Å². The Labute approximate surface area is 203 Å². The quantitative estimate of drug-likeness (QED) is 0.499. The van der Waals surface area contributed by atoms with Gasteiger partial charge in [0.2, 0.25) is 5.78 Å². The third-order valence-electron chi connectivity index (χ3n) is 6.52. The Hall–Kier alpha value is -3.45. The predicted octanol–water partition coefficient (Wildman–Crippen LogP) is 5.45. The Morgan fingerprint density at radius 2 is 1.71 bits per heavy atom. The molecule has 174 valence electrons. The van der Waals surface area contributed by atoms with Crippen molar-refractivity contribution in [2.24, 2.45) is 0 Å². The van der Waals surface area contributed by atoms with Gasteiger partial charge >= 0.3 is 0 Å². The number of aryl methyl sites for hydroxylation is 3. The number of carbonyl (C=O) groups excluding carboxylic acids is 2. The molecule has 1 aromatic heterocycles. The van der Waals surface area contributed by atoms with Crippen molar-refractivity contribution in [2.75, 3.05) is 22.9 Å². The molecule has 3 heterocycles. The van der Waals surface area contributed by atoms with Crippen LogP contribution in [0.4, 0.5) is 11.4 Å². The summed E-state index contributed by atoms with van der Waals surface area (Å²) >= 11 is 1.28. The Morgan fingerprint density at radius 1 is 1.03 bits per heavy atom. The standard InChI is InChI=1S/C27H27N3O3S/c1-16-7-6-8-19(15-16)23-22(24(31)26-17(2)28-18(3)34-26)25(32)27(33)30(23)21-11-9-20(10-12-21)29-13-4-5-14-29/h6-12,15,23,32H,4-5,13-14H2,1-3H3. The fraction of sp³-hybridized carbons (Fsp3) is 0.296. The van der Waals surface area contributed by atoms with Crippen LogP contribution in [0.3, 0.4) is 0 Å². The maximum Gasteiger partial charge on any atom is 0.294 e. The molecule has 34 heavy (non-hydrogen) atoms. The van der Waals surface area contributed by atoms with E-state index >= 15 is 0 Å². The van der Waals surface area contributed by atoms with Crippen molar-refractivity contribution in [1.29, 1.82) is 0 Å². The highest BCUT2D eigenvalue weighted by Gasteiger charge is 2.45. The number of hydrogen-bond acceptors (Lipinski definition) is 6. The number of aromatic nitrogens is 1. The van der Waals surface area contributed by atoms with Crippen molar-refractivity contribution in [2.45, 2.75) is 39.7 Å². The highest BCUT2D eigenvalue weighted by Crippen LogP contribution is 2.43. The smallest absolute Gasteiger partial charge is 0.294 e. The maximum absolute atomic E-state index is 13.7. The number of carbonyl (C=O) groups is 2. The lowest BCUT2D eigenvalue weighted by Gasteiger charge is -2.28. The number of ketones is 1. The molecule has 1 atom stereocenters. The van der Waals surface area contributed by atoms with Crippen LogP contribution in [0.25, 0.3) is 0 Å². The van der Waals surface area contributed by atoms with Gasteiger partial charge in [0.1, 0.15) is 0 Å². The lowest BCUT2D eigenvalue weighted by atomic mass is 9.94. The summed E-state index contributed by atoms with van der Waals surface area (Å²) in [5.41, 5.74) is 4.26. The van der Waals surface area contributed by atoms with E-state index in [0.29, 0.717) is 16.3 Å². The number of amides is 1. The summed E-state index contributed by atoms with van der Waals surface area (Å²) in [7, 11) is 0. The van der Waals surface area contributed by atoms with Gasteiger partial charge in [0.15, 0.2) is 5.76 Å². The third-order valence-corrected chi connectivity index (χ3v) is 7.59. The summed E-state index contributed by atoms with van der Waals surface area (Å²) in [5.74, 6) is -1.41. The number of nitrogens with zero attached hydrogens (tertiary/aromatic N) is 3. The molecule has 6 nitrogen and oxygen atoms in total. The summed E-state index contributed by atoms with van der Waals surface area (Å²) in [4.78, 5) is 35.8. The van der Waals surface area contributed by atoms with E-state index in [-0.39, 0.29) is 11.4 Å². The number of Topliss-reactive ketones (excluding diaryl/α,β-unsaturated/α-hetero) is 1. The van der Waals surface area contributed by atoms with Gasteiger partial charge in [-0.3, -0.25) is 14.5 Å². The predicted molar refractivity (Wildman–Crippen MR) is 135 cm³/mol. The van der Waals surface area contributed by atoms with Gasteiger partial charge < -0.3 is 10.0 Å². The molecule has 7 heteroatoms. The highest BCUT2D eigenvalue weighted by molar-refractivity contribution is 7.14. The van der Waals surface area contributed by atoms with Crippen molar-refractivity contribution in [3.63, 3.8) is 0 Å². The van der Waals surface area contributed by atoms with E-state index in [1.54, 1.807) is 6.92 Å². The van der Waals surface area contributed by atoms with Crippen LogP contribution in [-0.2, 0) is 4.79 Å². The number of thiazole rings is 1. The van der Waals surface area contributed by atoms with E-state index in [1.165, 1.54) is 29.1 Å². The lowest BCUT2D eigenvalue weighted by Crippen LogP contribution is -2.31. The first kappa shape index (κ1) is 22.3. The average Bonchev–Trinajstić information content (AvgIpc) is 3.53. The molecule has 1 saturated heterocycles. The largest absolute Gasteiger partial charge is 0.503 e. The number of benzene rings is 2. The first-order chi connectivity index (χ1) is 16.3. The number of aliphatic hydroxyl groups is 1. The first-order valence-corrected chi connectivity index (χ1v) is 12.3. The van der Waals surface area contributed by atoms with Gasteiger partial charge in [-0.25, -0.2) is 4.98 Å². The SMILES string of the molecule is Cc1cccc(C2C(C(=O)c3sc(C)nc3C)=C(O)C(=O)N2c2ccc(N3CCCC3)cc2)c1. The van der Waals surface area contributed by atoms with Crippen LogP contribution in [0.15, 0.2) is 59.9 Å². The van der Waals surface area contributed by atoms with Crippen LogP contribution >= 0.6 is 11.3 Å². The first-order valence-electron chi connectivity index (χ1n) is 11.5. The Kier molecular flexibility index (Phi) is 5.73. The normalized spacial score (nSPS) is 18.3. The Bertz CT molecular complexity index is 1300. The fourth-order valence-electron chi connectivity index (χ4n) is 4.92. The molecule has 1 fully saturated rings. The average molecular weight is 474 g/mol. The zero-order chi connectivity index (χ0) is 24.0. The second-order valence-electron chi connectivity index (χ2n) is 8.94. The molecule has 2 aromatic carbocycles. The molecule has 3 aromatic rings. The fourth-order valence-corrected chi connectivity index (χ4v) is 5.80. The Balaban J connectivity index is 1.60. The van der Waals surface area contributed by atoms with Gasteiger partial charge in [-0.1, -0.05) is 29.8 Å². The second kappa shape index (κ2) is 8.72. The minimum Gasteiger partial charge on any atom is -0.503 e. The third kappa shape index (κ3) is 3.80. The highest BCUT2D eigenvalue weighted by atomic mass is 32.1. The molecule has 5 rings (SSSR count). The summed E-state index contributed by atoms with van der Waals surface area (Å²) in [6.07, 6.45) is 2.36. The number of rotatable bonds is 5.